The topological polar surface area (TPSA) is 33.5 Å². The number of fused-ring (bicyclic) bond motifs is 2. The van der Waals surface area contributed by atoms with Gasteiger partial charge >= 0.3 is 0 Å². The molecule has 86 valence electrons. The summed E-state index contributed by atoms with van der Waals surface area (Å²) in [4.78, 5) is 15.8. The van der Waals surface area contributed by atoms with Crippen molar-refractivity contribution in [2.24, 2.45) is 0 Å². The van der Waals surface area contributed by atoms with Crippen molar-refractivity contribution in [3.05, 3.63) is 35.2 Å². The molecule has 3 nitrogen and oxygen atoms in total. The number of carbonyl (C=O) groups is 1. The highest BCUT2D eigenvalue weighted by atomic mass is 16.2. The maximum Gasteiger partial charge on any atom is 0.233 e. The highest BCUT2D eigenvalue weighted by molar-refractivity contribution is 6.08. The van der Waals surface area contributed by atoms with E-state index in [1.54, 1.807) is 0 Å². The quantitative estimate of drug-likeness (QED) is 0.676. The summed E-state index contributed by atoms with van der Waals surface area (Å²) >= 11 is 0. The summed E-state index contributed by atoms with van der Waals surface area (Å²) in [6.07, 6.45) is 5.14. The van der Waals surface area contributed by atoms with Crippen LogP contribution in [0.5, 0.6) is 0 Å². The van der Waals surface area contributed by atoms with Crippen LogP contribution in [0, 0.1) is 6.57 Å². The van der Waals surface area contributed by atoms with Gasteiger partial charge in [0.2, 0.25) is 5.91 Å². The Morgan fingerprint density at radius 2 is 2.00 bits per heavy atom. The largest absolute Gasteiger partial charge is 0.326 e. The Kier molecular flexibility index (Phi) is 2.19. The van der Waals surface area contributed by atoms with Crippen LogP contribution in [0.15, 0.2) is 18.2 Å². The maximum absolute atomic E-state index is 12.3. The van der Waals surface area contributed by atoms with Crippen LogP contribution >= 0.6 is 0 Å². The second kappa shape index (κ2) is 3.59. The van der Waals surface area contributed by atoms with Gasteiger partial charge < -0.3 is 5.32 Å². The second-order valence-corrected chi connectivity index (χ2v) is 4.91. The Labute approximate surface area is 101 Å². The zero-order chi connectivity index (χ0) is 11.9. The molecule has 0 bridgehead atoms. The van der Waals surface area contributed by atoms with E-state index >= 15 is 0 Å². The number of hydrogen-bond donors (Lipinski definition) is 1. The van der Waals surface area contributed by atoms with E-state index in [2.05, 4.69) is 10.2 Å². The molecule has 1 fully saturated rings. The normalized spacial score (nSPS) is 20.8. The molecule has 1 amide bonds. The summed E-state index contributed by atoms with van der Waals surface area (Å²) in [5.74, 6) is 0.100. The fourth-order valence-corrected chi connectivity index (χ4v) is 3.23. The summed E-state index contributed by atoms with van der Waals surface area (Å²) in [5, 5.41) is 2.95. The van der Waals surface area contributed by atoms with Gasteiger partial charge in [0.1, 0.15) is 0 Å². The van der Waals surface area contributed by atoms with Crippen LogP contribution in [0.2, 0.25) is 0 Å². The van der Waals surface area contributed by atoms with Gasteiger partial charge in [-0.15, -0.1) is 0 Å². The summed E-state index contributed by atoms with van der Waals surface area (Å²) < 4.78 is 0. The molecular formula is C14H14N2O. The SMILES string of the molecule is [C-]#[N+]c1cccc2c1C1(CCCCC1)C(=O)N2. The maximum atomic E-state index is 12.3. The summed E-state index contributed by atoms with van der Waals surface area (Å²) in [6, 6.07) is 5.57. The fraction of sp³-hybridized carbons (Fsp3) is 0.429. The number of hydrogen-bond acceptors (Lipinski definition) is 1. The first-order chi connectivity index (χ1) is 8.28. The van der Waals surface area contributed by atoms with Crippen molar-refractivity contribution >= 4 is 17.3 Å². The van der Waals surface area contributed by atoms with Crippen LogP contribution in [0.1, 0.15) is 37.7 Å². The lowest BCUT2D eigenvalue weighted by Crippen LogP contribution is -2.36. The first-order valence-electron chi connectivity index (χ1n) is 6.10. The molecule has 0 radical (unpaired) electrons. The molecule has 1 aliphatic heterocycles. The molecule has 17 heavy (non-hydrogen) atoms. The Hall–Kier alpha value is -1.82. The number of anilines is 1. The highest BCUT2D eigenvalue weighted by Crippen LogP contribution is 2.51. The lowest BCUT2D eigenvalue weighted by atomic mass is 9.70. The van der Waals surface area contributed by atoms with E-state index < -0.39 is 5.41 Å². The van der Waals surface area contributed by atoms with E-state index in [0.29, 0.717) is 5.69 Å². The predicted molar refractivity (Wildman–Crippen MR) is 66.1 cm³/mol. The van der Waals surface area contributed by atoms with Gasteiger partial charge in [0.05, 0.1) is 12.0 Å². The van der Waals surface area contributed by atoms with Gasteiger partial charge in [-0.2, -0.15) is 0 Å². The smallest absolute Gasteiger partial charge is 0.233 e. The molecule has 1 N–H and O–H groups in total. The number of benzene rings is 1. The van der Waals surface area contributed by atoms with Crippen molar-refractivity contribution in [2.45, 2.75) is 37.5 Å². The Morgan fingerprint density at radius 3 is 2.71 bits per heavy atom. The monoisotopic (exact) mass is 226 g/mol. The lowest BCUT2D eigenvalue weighted by Gasteiger charge is -2.32. The molecule has 1 aromatic rings. The van der Waals surface area contributed by atoms with Crippen molar-refractivity contribution < 1.29 is 4.79 Å². The van der Waals surface area contributed by atoms with Gasteiger partial charge in [-0.05, 0) is 24.5 Å². The second-order valence-electron chi connectivity index (χ2n) is 4.91. The van der Waals surface area contributed by atoms with Crippen molar-refractivity contribution in [3.63, 3.8) is 0 Å². The minimum Gasteiger partial charge on any atom is -0.326 e. The minimum atomic E-state index is -0.408. The third-order valence-electron chi connectivity index (χ3n) is 4.03. The van der Waals surface area contributed by atoms with Gasteiger partial charge in [0, 0.05) is 5.69 Å². The number of nitrogens with zero attached hydrogens (tertiary/aromatic N) is 1. The Balaban J connectivity index is 2.21. The van der Waals surface area contributed by atoms with Crippen molar-refractivity contribution in [1.82, 2.24) is 0 Å². The first kappa shape index (κ1) is 10.3. The molecule has 1 aromatic carbocycles. The van der Waals surface area contributed by atoms with Crippen molar-refractivity contribution in [1.29, 1.82) is 0 Å². The summed E-state index contributed by atoms with van der Waals surface area (Å²) in [5.41, 5.74) is 2.04. The first-order valence-corrected chi connectivity index (χ1v) is 6.10. The molecule has 1 spiro atoms. The molecule has 1 aliphatic carbocycles. The van der Waals surface area contributed by atoms with Gasteiger partial charge in [0.15, 0.2) is 5.69 Å². The lowest BCUT2D eigenvalue weighted by molar-refractivity contribution is -0.121. The third-order valence-corrected chi connectivity index (χ3v) is 4.03. The van der Waals surface area contributed by atoms with Crippen LogP contribution in [0.25, 0.3) is 4.85 Å². The van der Waals surface area contributed by atoms with Crippen LogP contribution in [0.3, 0.4) is 0 Å². The summed E-state index contributed by atoms with van der Waals surface area (Å²) in [7, 11) is 0. The van der Waals surface area contributed by atoms with E-state index in [-0.39, 0.29) is 5.91 Å². The van der Waals surface area contributed by atoms with Gasteiger partial charge in [-0.3, -0.25) is 4.79 Å². The van der Waals surface area contributed by atoms with E-state index in [4.69, 9.17) is 6.57 Å². The zero-order valence-corrected chi connectivity index (χ0v) is 9.62. The number of carbonyl (C=O) groups excluding carboxylic acids is 1. The van der Waals surface area contributed by atoms with E-state index in [1.807, 2.05) is 18.2 Å². The van der Waals surface area contributed by atoms with Crippen LogP contribution in [0.4, 0.5) is 11.4 Å². The van der Waals surface area contributed by atoms with Crippen molar-refractivity contribution in [2.75, 3.05) is 5.32 Å². The average molecular weight is 226 g/mol. The van der Waals surface area contributed by atoms with Crippen LogP contribution in [-0.4, -0.2) is 5.91 Å². The molecule has 0 aromatic heterocycles. The Morgan fingerprint density at radius 1 is 1.24 bits per heavy atom. The van der Waals surface area contributed by atoms with E-state index in [9.17, 15) is 4.79 Å². The van der Waals surface area contributed by atoms with Crippen LogP contribution < -0.4 is 5.32 Å². The number of rotatable bonds is 0. The molecule has 3 heteroatoms. The van der Waals surface area contributed by atoms with E-state index in [0.717, 1.165) is 36.9 Å². The van der Waals surface area contributed by atoms with E-state index in [1.165, 1.54) is 6.42 Å². The van der Waals surface area contributed by atoms with Crippen molar-refractivity contribution in [3.8, 4) is 0 Å². The standard InChI is InChI=1S/C14H14N2O/c1-15-10-6-5-7-11-12(10)14(13(17)16-11)8-3-2-4-9-14/h5-7H,2-4,8-9H2,(H,16,17). The average Bonchev–Trinajstić information content (AvgIpc) is 2.64. The predicted octanol–water partition coefficient (Wildman–Crippen LogP) is 3.39. The molecule has 0 saturated heterocycles. The van der Waals surface area contributed by atoms with Gasteiger partial charge in [0.25, 0.3) is 0 Å². The molecule has 0 atom stereocenters. The molecule has 0 unspecified atom stereocenters. The molecule has 3 rings (SSSR count). The Bertz CT molecular complexity index is 522. The molecule has 1 heterocycles. The third kappa shape index (κ3) is 1.30. The summed E-state index contributed by atoms with van der Waals surface area (Å²) in [6.45, 7) is 7.27. The highest BCUT2D eigenvalue weighted by Gasteiger charge is 2.48. The van der Waals surface area contributed by atoms with Crippen LogP contribution in [-0.2, 0) is 10.2 Å². The number of amides is 1. The zero-order valence-electron chi connectivity index (χ0n) is 9.62. The fourth-order valence-electron chi connectivity index (χ4n) is 3.23. The van der Waals surface area contributed by atoms with Gasteiger partial charge in [-0.1, -0.05) is 31.4 Å². The molecule has 1 saturated carbocycles. The number of nitrogens with one attached hydrogen (secondary N) is 1. The minimum absolute atomic E-state index is 0.100. The van der Waals surface area contributed by atoms with Gasteiger partial charge in [-0.25, -0.2) is 4.85 Å². The molecule has 2 aliphatic rings. The molecular weight excluding hydrogens is 212 g/mol.